The lowest BCUT2D eigenvalue weighted by atomic mass is 10.1. The molecule has 1 aromatic rings. The van der Waals surface area contributed by atoms with Crippen molar-refractivity contribution >= 4 is 11.8 Å². The van der Waals surface area contributed by atoms with Crippen molar-refractivity contribution in [2.45, 2.75) is 45.6 Å². The molecule has 1 saturated carbocycles. The first kappa shape index (κ1) is 13.8. The summed E-state index contributed by atoms with van der Waals surface area (Å²) in [4.78, 5) is 17.6. The molecule has 104 valence electrons. The normalized spacial score (nSPS) is 15.9. The largest absolute Gasteiger partial charge is 0.477 e. The Bertz CT molecular complexity index is 440. The highest BCUT2D eigenvalue weighted by Gasteiger charge is 2.24. The minimum Gasteiger partial charge on any atom is -0.477 e. The van der Waals surface area contributed by atoms with Gasteiger partial charge >= 0.3 is 5.97 Å². The standard InChI is InChI=1S/C15H22N2O2/c1-11(2)10-17(12-6-3-4-7-12)14-9-5-8-13(16-14)15(18)19/h5,8-9,11-12H,3-4,6-7,10H2,1-2H3,(H,18,19). The molecule has 1 N–H and O–H groups in total. The van der Waals surface area contributed by atoms with Crippen molar-refractivity contribution in [2.75, 3.05) is 11.4 Å². The number of carboxylic acids is 1. The second-order valence-electron chi connectivity index (χ2n) is 5.67. The van der Waals surface area contributed by atoms with Crippen LogP contribution in [0, 0.1) is 5.92 Å². The van der Waals surface area contributed by atoms with E-state index in [4.69, 9.17) is 5.11 Å². The molecular formula is C15H22N2O2. The molecule has 1 fully saturated rings. The second-order valence-corrected chi connectivity index (χ2v) is 5.67. The van der Waals surface area contributed by atoms with Crippen LogP contribution in [0.1, 0.15) is 50.0 Å². The van der Waals surface area contributed by atoms with E-state index in [9.17, 15) is 4.79 Å². The first-order valence-corrected chi connectivity index (χ1v) is 7.05. The topological polar surface area (TPSA) is 53.4 Å². The van der Waals surface area contributed by atoms with Crippen LogP contribution in [-0.4, -0.2) is 28.6 Å². The van der Waals surface area contributed by atoms with Gasteiger partial charge in [0.05, 0.1) is 0 Å². The van der Waals surface area contributed by atoms with Gasteiger partial charge in [-0.2, -0.15) is 0 Å². The summed E-state index contributed by atoms with van der Waals surface area (Å²) in [5.74, 6) is 0.383. The van der Waals surface area contributed by atoms with Crippen molar-refractivity contribution in [2.24, 2.45) is 5.92 Å². The molecule has 0 amide bonds. The minimum atomic E-state index is -0.960. The van der Waals surface area contributed by atoms with E-state index < -0.39 is 5.97 Å². The number of hydrogen-bond acceptors (Lipinski definition) is 3. The fourth-order valence-electron chi connectivity index (χ4n) is 2.74. The van der Waals surface area contributed by atoms with Crippen LogP contribution in [0.2, 0.25) is 0 Å². The number of anilines is 1. The molecule has 0 atom stereocenters. The summed E-state index contributed by atoms with van der Waals surface area (Å²) in [6.07, 6.45) is 4.90. The Labute approximate surface area is 114 Å². The van der Waals surface area contributed by atoms with Gasteiger partial charge in [0, 0.05) is 12.6 Å². The molecule has 0 aromatic carbocycles. The van der Waals surface area contributed by atoms with Crippen molar-refractivity contribution in [1.29, 1.82) is 0 Å². The Hall–Kier alpha value is -1.58. The van der Waals surface area contributed by atoms with Gasteiger partial charge in [0.2, 0.25) is 0 Å². The molecule has 19 heavy (non-hydrogen) atoms. The van der Waals surface area contributed by atoms with Crippen LogP contribution in [0.4, 0.5) is 5.82 Å². The summed E-state index contributed by atoms with van der Waals surface area (Å²) in [5.41, 5.74) is 0.129. The molecule has 0 spiro atoms. The Kier molecular flexibility index (Phi) is 4.40. The molecule has 2 rings (SSSR count). The van der Waals surface area contributed by atoms with Crippen molar-refractivity contribution < 1.29 is 9.90 Å². The van der Waals surface area contributed by atoms with Crippen molar-refractivity contribution in [3.63, 3.8) is 0 Å². The van der Waals surface area contributed by atoms with E-state index in [0.29, 0.717) is 12.0 Å². The van der Waals surface area contributed by atoms with E-state index in [-0.39, 0.29) is 5.69 Å². The van der Waals surface area contributed by atoms with Crippen LogP contribution >= 0.6 is 0 Å². The molecule has 4 heteroatoms. The highest BCUT2D eigenvalue weighted by molar-refractivity contribution is 5.85. The molecular weight excluding hydrogens is 240 g/mol. The molecule has 1 aliphatic rings. The van der Waals surface area contributed by atoms with Gasteiger partial charge in [-0.05, 0) is 30.9 Å². The van der Waals surface area contributed by atoms with Gasteiger partial charge in [0.15, 0.2) is 5.69 Å². The number of pyridine rings is 1. The summed E-state index contributed by atoms with van der Waals surface area (Å²) in [5, 5.41) is 9.06. The van der Waals surface area contributed by atoms with E-state index in [2.05, 4.69) is 23.7 Å². The zero-order chi connectivity index (χ0) is 13.8. The molecule has 1 heterocycles. The van der Waals surface area contributed by atoms with Gasteiger partial charge in [0.25, 0.3) is 0 Å². The number of aromatic nitrogens is 1. The first-order chi connectivity index (χ1) is 9.08. The third-order valence-corrected chi connectivity index (χ3v) is 3.58. The number of aromatic carboxylic acids is 1. The summed E-state index contributed by atoms with van der Waals surface area (Å²) in [7, 11) is 0. The quantitative estimate of drug-likeness (QED) is 0.885. The highest BCUT2D eigenvalue weighted by atomic mass is 16.4. The molecule has 0 saturated heterocycles. The molecule has 0 radical (unpaired) electrons. The molecule has 0 aliphatic heterocycles. The Balaban J connectivity index is 2.25. The first-order valence-electron chi connectivity index (χ1n) is 7.05. The maximum atomic E-state index is 11.0. The van der Waals surface area contributed by atoms with Crippen LogP contribution < -0.4 is 4.90 Å². The fourth-order valence-corrected chi connectivity index (χ4v) is 2.74. The average Bonchev–Trinajstić information content (AvgIpc) is 2.89. The van der Waals surface area contributed by atoms with E-state index in [0.717, 1.165) is 12.4 Å². The number of hydrogen-bond donors (Lipinski definition) is 1. The van der Waals surface area contributed by atoms with Crippen LogP contribution in [0.3, 0.4) is 0 Å². The summed E-state index contributed by atoms with van der Waals surface area (Å²) >= 11 is 0. The highest BCUT2D eigenvalue weighted by Crippen LogP contribution is 2.28. The summed E-state index contributed by atoms with van der Waals surface area (Å²) in [6.45, 7) is 5.30. The lowest BCUT2D eigenvalue weighted by Gasteiger charge is -2.31. The van der Waals surface area contributed by atoms with Gasteiger partial charge in [0.1, 0.15) is 5.82 Å². The van der Waals surface area contributed by atoms with Gasteiger partial charge in [-0.3, -0.25) is 0 Å². The van der Waals surface area contributed by atoms with Gasteiger partial charge < -0.3 is 10.0 Å². The van der Waals surface area contributed by atoms with Crippen LogP contribution in [-0.2, 0) is 0 Å². The van der Waals surface area contributed by atoms with E-state index >= 15 is 0 Å². The van der Waals surface area contributed by atoms with Gasteiger partial charge in [-0.1, -0.05) is 32.8 Å². The monoisotopic (exact) mass is 262 g/mol. The number of carbonyl (C=O) groups is 1. The third-order valence-electron chi connectivity index (χ3n) is 3.58. The van der Waals surface area contributed by atoms with Crippen molar-refractivity contribution in [3.8, 4) is 0 Å². The zero-order valence-electron chi connectivity index (χ0n) is 11.7. The zero-order valence-corrected chi connectivity index (χ0v) is 11.7. The number of carboxylic acid groups (broad SMARTS) is 1. The predicted molar refractivity (Wildman–Crippen MR) is 75.6 cm³/mol. The molecule has 1 aliphatic carbocycles. The number of nitrogens with zero attached hydrogens (tertiary/aromatic N) is 2. The van der Waals surface area contributed by atoms with E-state index in [1.807, 2.05) is 6.07 Å². The van der Waals surface area contributed by atoms with E-state index in [1.54, 1.807) is 12.1 Å². The van der Waals surface area contributed by atoms with Crippen LogP contribution in [0.25, 0.3) is 0 Å². The number of rotatable bonds is 5. The second kappa shape index (κ2) is 6.04. The fraction of sp³-hybridized carbons (Fsp3) is 0.600. The average molecular weight is 262 g/mol. The third kappa shape index (κ3) is 3.46. The summed E-state index contributed by atoms with van der Waals surface area (Å²) < 4.78 is 0. The molecule has 1 aromatic heterocycles. The molecule has 0 bridgehead atoms. The predicted octanol–water partition coefficient (Wildman–Crippen LogP) is 3.18. The SMILES string of the molecule is CC(C)CN(c1cccc(C(=O)O)n1)C1CCCC1. The molecule has 0 unspecified atom stereocenters. The Morgan fingerprint density at radius 2 is 2.11 bits per heavy atom. The van der Waals surface area contributed by atoms with Crippen LogP contribution in [0.15, 0.2) is 18.2 Å². The Morgan fingerprint density at radius 1 is 1.42 bits per heavy atom. The van der Waals surface area contributed by atoms with Crippen LogP contribution in [0.5, 0.6) is 0 Å². The maximum Gasteiger partial charge on any atom is 0.354 e. The van der Waals surface area contributed by atoms with Gasteiger partial charge in [-0.25, -0.2) is 9.78 Å². The summed E-state index contributed by atoms with van der Waals surface area (Å²) in [6, 6.07) is 5.77. The minimum absolute atomic E-state index is 0.129. The Morgan fingerprint density at radius 3 is 2.68 bits per heavy atom. The lowest BCUT2D eigenvalue weighted by Crippen LogP contribution is -2.37. The van der Waals surface area contributed by atoms with Gasteiger partial charge in [-0.15, -0.1) is 0 Å². The molecule has 4 nitrogen and oxygen atoms in total. The lowest BCUT2D eigenvalue weighted by molar-refractivity contribution is 0.0690. The van der Waals surface area contributed by atoms with Crippen molar-refractivity contribution in [1.82, 2.24) is 4.98 Å². The smallest absolute Gasteiger partial charge is 0.354 e. The van der Waals surface area contributed by atoms with E-state index in [1.165, 1.54) is 25.7 Å². The maximum absolute atomic E-state index is 11.0. The van der Waals surface area contributed by atoms with Crippen molar-refractivity contribution in [3.05, 3.63) is 23.9 Å².